The fraction of sp³-hybridized carbons (Fsp3) is 0.381. The van der Waals surface area contributed by atoms with E-state index < -0.39 is 10.0 Å². The molecular weight excluding hydrogens is 372 g/mol. The Morgan fingerprint density at radius 1 is 1.18 bits per heavy atom. The van der Waals surface area contributed by atoms with Gasteiger partial charge in [0.25, 0.3) is 0 Å². The first-order valence-electron chi connectivity index (χ1n) is 9.77. The molecule has 7 heteroatoms. The van der Waals surface area contributed by atoms with Crippen molar-refractivity contribution in [2.24, 2.45) is 0 Å². The maximum atomic E-state index is 12.8. The third kappa shape index (κ3) is 3.18. The lowest BCUT2D eigenvalue weighted by Gasteiger charge is -2.23. The number of aromatic amines is 1. The summed E-state index contributed by atoms with van der Waals surface area (Å²) in [6, 6.07) is 14.0. The molecule has 2 aromatic carbocycles. The van der Waals surface area contributed by atoms with Crippen molar-refractivity contribution in [2.75, 3.05) is 18.0 Å². The normalized spacial score (nSPS) is 16.9. The van der Waals surface area contributed by atoms with Crippen LogP contribution in [-0.4, -0.2) is 41.8 Å². The monoisotopic (exact) mass is 398 g/mol. The Morgan fingerprint density at radius 3 is 2.68 bits per heavy atom. The lowest BCUT2D eigenvalue weighted by molar-refractivity contribution is 0.445. The van der Waals surface area contributed by atoms with Gasteiger partial charge in [0.05, 0.1) is 22.5 Å². The lowest BCUT2D eigenvalue weighted by Crippen LogP contribution is -2.30. The number of benzene rings is 2. The van der Waals surface area contributed by atoms with Crippen molar-refractivity contribution in [1.29, 1.82) is 0 Å². The maximum absolute atomic E-state index is 12.8. The van der Waals surface area contributed by atoms with Crippen LogP contribution in [0.1, 0.15) is 32.2 Å². The molecule has 3 aromatic rings. The third-order valence-electron chi connectivity index (χ3n) is 5.51. The Kier molecular flexibility index (Phi) is 4.89. The predicted octanol–water partition coefficient (Wildman–Crippen LogP) is 3.54. The number of hydrogen-bond acceptors (Lipinski definition) is 4. The van der Waals surface area contributed by atoms with Crippen molar-refractivity contribution in [3.8, 4) is 0 Å². The van der Waals surface area contributed by atoms with Gasteiger partial charge in [-0.1, -0.05) is 32.0 Å². The minimum atomic E-state index is -3.48. The van der Waals surface area contributed by atoms with Gasteiger partial charge in [0.1, 0.15) is 5.82 Å². The average Bonchev–Trinajstić information content (AvgIpc) is 3.22. The summed E-state index contributed by atoms with van der Waals surface area (Å²) in [4.78, 5) is 10.7. The van der Waals surface area contributed by atoms with E-state index in [1.54, 1.807) is 18.2 Å². The smallest absolute Gasteiger partial charge is 0.243 e. The van der Waals surface area contributed by atoms with Crippen LogP contribution in [0.15, 0.2) is 47.4 Å². The zero-order valence-electron chi connectivity index (χ0n) is 16.5. The topological polar surface area (TPSA) is 69.3 Å². The zero-order chi connectivity index (χ0) is 19.9. The highest BCUT2D eigenvalue weighted by atomic mass is 32.2. The van der Waals surface area contributed by atoms with Crippen LogP contribution in [0, 0.1) is 0 Å². The van der Waals surface area contributed by atoms with Gasteiger partial charge < -0.3 is 9.88 Å². The second-order valence-corrected chi connectivity index (χ2v) is 9.20. The third-order valence-corrected chi connectivity index (χ3v) is 7.56. The van der Waals surface area contributed by atoms with E-state index >= 15 is 0 Å². The van der Waals surface area contributed by atoms with Gasteiger partial charge in [0.2, 0.25) is 10.0 Å². The molecule has 0 aliphatic carbocycles. The van der Waals surface area contributed by atoms with E-state index in [1.807, 2.05) is 13.8 Å². The first kappa shape index (κ1) is 19.0. The number of nitrogens with one attached hydrogen (secondary N) is 1. The molecule has 0 fully saturated rings. The quantitative estimate of drug-likeness (QED) is 0.689. The van der Waals surface area contributed by atoms with Crippen molar-refractivity contribution in [1.82, 2.24) is 14.3 Å². The molecule has 1 aliphatic heterocycles. The van der Waals surface area contributed by atoms with Gasteiger partial charge in [-0.2, -0.15) is 4.31 Å². The number of imidazole rings is 1. The number of H-pyrrole nitrogens is 1. The number of rotatable bonds is 6. The van der Waals surface area contributed by atoms with Crippen molar-refractivity contribution in [2.45, 2.75) is 44.7 Å². The average molecular weight is 399 g/mol. The van der Waals surface area contributed by atoms with Crippen LogP contribution in [0.5, 0.6) is 0 Å². The number of para-hydroxylation sites is 1. The zero-order valence-corrected chi connectivity index (χ0v) is 17.3. The number of anilines is 1. The largest absolute Gasteiger partial charge is 0.361 e. The molecule has 1 N–H and O–H groups in total. The SMILES string of the molecule is CCN(CC)S(=O)(=O)c1ccc2nc(CN3c4ccccc4C[C@H]3C)[nH]c2c1. The molecule has 1 aliphatic rings. The van der Waals surface area contributed by atoms with Crippen LogP contribution >= 0.6 is 0 Å². The molecule has 4 rings (SSSR count). The van der Waals surface area contributed by atoms with Crippen LogP contribution in [0.2, 0.25) is 0 Å². The lowest BCUT2D eigenvalue weighted by atomic mass is 10.1. The van der Waals surface area contributed by atoms with Crippen molar-refractivity contribution in [3.05, 3.63) is 53.9 Å². The molecule has 0 radical (unpaired) electrons. The molecule has 2 heterocycles. The van der Waals surface area contributed by atoms with E-state index in [4.69, 9.17) is 0 Å². The molecule has 0 bridgehead atoms. The Balaban J connectivity index is 1.64. The van der Waals surface area contributed by atoms with Crippen LogP contribution in [0.4, 0.5) is 5.69 Å². The number of sulfonamides is 1. The van der Waals surface area contributed by atoms with Crippen molar-refractivity contribution >= 4 is 26.7 Å². The highest BCUT2D eigenvalue weighted by Crippen LogP contribution is 2.33. The van der Waals surface area contributed by atoms with E-state index in [2.05, 4.69) is 46.1 Å². The molecule has 0 spiro atoms. The molecule has 0 amide bonds. The fourth-order valence-corrected chi connectivity index (χ4v) is 5.51. The number of fused-ring (bicyclic) bond motifs is 2. The molecule has 0 saturated carbocycles. The molecule has 148 valence electrons. The minimum absolute atomic E-state index is 0.304. The molecule has 28 heavy (non-hydrogen) atoms. The van der Waals surface area contributed by atoms with Crippen LogP contribution in [0.25, 0.3) is 11.0 Å². The van der Waals surface area contributed by atoms with Gasteiger partial charge in [-0.25, -0.2) is 13.4 Å². The summed E-state index contributed by atoms with van der Waals surface area (Å²) in [7, 11) is -3.48. The van der Waals surface area contributed by atoms with Crippen LogP contribution < -0.4 is 4.90 Å². The molecule has 1 atom stereocenters. The highest BCUT2D eigenvalue weighted by molar-refractivity contribution is 7.89. The first-order valence-corrected chi connectivity index (χ1v) is 11.2. The summed E-state index contributed by atoms with van der Waals surface area (Å²) >= 11 is 0. The van der Waals surface area contributed by atoms with Crippen LogP contribution in [-0.2, 0) is 23.0 Å². The van der Waals surface area contributed by atoms with Gasteiger partial charge in [-0.15, -0.1) is 0 Å². The number of hydrogen-bond donors (Lipinski definition) is 1. The van der Waals surface area contributed by atoms with Gasteiger partial charge in [-0.05, 0) is 43.2 Å². The standard InChI is InChI=1S/C21H26N4O2S/c1-4-24(5-2)28(26,27)17-10-11-18-19(13-17)23-21(22-18)14-25-15(3)12-16-8-6-7-9-20(16)25/h6-11,13,15H,4-5,12,14H2,1-3H3,(H,22,23)/t15-/m1/s1. The minimum Gasteiger partial charge on any atom is -0.361 e. The van der Waals surface area contributed by atoms with E-state index in [9.17, 15) is 8.42 Å². The summed E-state index contributed by atoms with van der Waals surface area (Å²) in [5.41, 5.74) is 4.15. The summed E-state index contributed by atoms with van der Waals surface area (Å²) in [5.74, 6) is 0.843. The van der Waals surface area contributed by atoms with Gasteiger partial charge in [0, 0.05) is 24.8 Å². The van der Waals surface area contributed by atoms with Gasteiger partial charge in [0.15, 0.2) is 0 Å². The second-order valence-electron chi connectivity index (χ2n) is 7.26. The van der Waals surface area contributed by atoms with Crippen molar-refractivity contribution < 1.29 is 8.42 Å². The van der Waals surface area contributed by atoms with E-state index in [-0.39, 0.29) is 0 Å². The number of nitrogens with zero attached hydrogens (tertiary/aromatic N) is 3. The van der Waals surface area contributed by atoms with E-state index in [0.717, 1.165) is 23.3 Å². The molecular formula is C21H26N4O2S. The first-order chi connectivity index (χ1) is 13.4. The maximum Gasteiger partial charge on any atom is 0.243 e. The summed E-state index contributed by atoms with van der Waals surface area (Å²) in [6.45, 7) is 7.50. The Hall–Kier alpha value is -2.38. The molecule has 1 aromatic heterocycles. The number of aromatic nitrogens is 2. The van der Waals surface area contributed by atoms with E-state index in [0.29, 0.717) is 30.6 Å². The summed E-state index contributed by atoms with van der Waals surface area (Å²) in [5, 5.41) is 0. The Morgan fingerprint density at radius 2 is 1.93 bits per heavy atom. The predicted molar refractivity (Wildman–Crippen MR) is 112 cm³/mol. The highest BCUT2D eigenvalue weighted by Gasteiger charge is 2.26. The van der Waals surface area contributed by atoms with Gasteiger partial charge in [-0.3, -0.25) is 0 Å². The van der Waals surface area contributed by atoms with E-state index in [1.165, 1.54) is 15.6 Å². The Labute approximate surface area is 166 Å². The van der Waals surface area contributed by atoms with Crippen LogP contribution in [0.3, 0.4) is 0 Å². The molecule has 0 unspecified atom stereocenters. The Bertz CT molecular complexity index is 1100. The summed E-state index contributed by atoms with van der Waals surface area (Å²) in [6.07, 6.45) is 1.03. The second kappa shape index (κ2) is 7.22. The van der Waals surface area contributed by atoms with Crippen molar-refractivity contribution in [3.63, 3.8) is 0 Å². The molecule has 6 nitrogen and oxygen atoms in total. The van der Waals surface area contributed by atoms with Gasteiger partial charge >= 0.3 is 0 Å². The summed E-state index contributed by atoms with van der Waals surface area (Å²) < 4.78 is 27.0. The fourth-order valence-electron chi connectivity index (χ4n) is 4.02. The molecule has 0 saturated heterocycles.